The Morgan fingerprint density at radius 1 is 1.04 bits per heavy atom. The van der Waals surface area contributed by atoms with E-state index < -0.39 is 12.1 Å². The molecule has 1 aromatic heterocycles. The van der Waals surface area contributed by atoms with Gasteiger partial charge in [0.2, 0.25) is 23.0 Å². The molecule has 4 N–H and O–H groups in total. The van der Waals surface area contributed by atoms with Crippen molar-refractivity contribution in [1.29, 1.82) is 0 Å². The number of ether oxygens (including phenoxy) is 3. The highest BCUT2D eigenvalue weighted by Crippen LogP contribution is 2.50. The number of hydrogen-bond donors (Lipinski definition) is 4. The second kappa shape index (κ2) is 14.4. The second-order valence-electron chi connectivity index (χ2n) is 11.5. The lowest BCUT2D eigenvalue weighted by molar-refractivity contribution is -0.120. The third kappa shape index (κ3) is 6.91. The van der Waals surface area contributed by atoms with Crippen molar-refractivity contribution in [1.82, 2.24) is 20.5 Å². The number of fused-ring (bicyclic) bond motifs is 3. The number of nitrogens with one attached hydrogen (secondary N) is 4. The van der Waals surface area contributed by atoms with Gasteiger partial charge < -0.3 is 30.2 Å². The smallest absolute Gasteiger partial charge is 0.247 e. The molecule has 0 unspecified atom stereocenters. The van der Waals surface area contributed by atoms with Crippen LogP contribution in [-0.4, -0.2) is 54.4 Å². The standard InChI is InChI=1S/C35H40N6O6/c1-7-19(2)31(35(44)39-23-10-8-9-22(15-23)34-36-18-37-41-34)40-27-14-12-24-25(17-28(27)43)26(38-20(3)42)13-11-21-16-29(45-4)32(46-5)33(47-6)30(21)24/h8-10,12,14-19,26,31H,7,11,13H2,1-6H3,(H,38,42)(H,39,44)(H,40,43)(H,36,37,41)/t19-,26+,31+/m1/s1. The van der Waals surface area contributed by atoms with E-state index in [1.165, 1.54) is 26.4 Å². The number of hydrogen-bond acceptors (Lipinski definition) is 9. The van der Waals surface area contributed by atoms with Crippen LogP contribution in [0.1, 0.15) is 50.8 Å². The molecular weight excluding hydrogens is 600 g/mol. The molecule has 0 saturated carbocycles. The summed E-state index contributed by atoms with van der Waals surface area (Å²) in [6, 6.07) is 13.1. The van der Waals surface area contributed by atoms with Crippen molar-refractivity contribution in [3.05, 3.63) is 76.2 Å². The van der Waals surface area contributed by atoms with Crippen LogP contribution in [0, 0.1) is 5.92 Å². The highest BCUT2D eigenvalue weighted by Gasteiger charge is 2.30. The van der Waals surface area contributed by atoms with Crippen LogP contribution in [0.4, 0.5) is 11.4 Å². The molecule has 1 heterocycles. The first kappa shape index (κ1) is 33.0. The van der Waals surface area contributed by atoms with Gasteiger partial charge in [-0.2, -0.15) is 5.10 Å². The lowest BCUT2D eigenvalue weighted by Crippen LogP contribution is -2.40. The van der Waals surface area contributed by atoms with E-state index in [0.29, 0.717) is 59.1 Å². The quantitative estimate of drug-likeness (QED) is 0.175. The first-order valence-electron chi connectivity index (χ1n) is 15.5. The number of methoxy groups -OCH3 is 3. The minimum Gasteiger partial charge on any atom is -0.493 e. The summed E-state index contributed by atoms with van der Waals surface area (Å²) >= 11 is 0. The molecule has 0 spiro atoms. The Morgan fingerprint density at radius 2 is 1.83 bits per heavy atom. The summed E-state index contributed by atoms with van der Waals surface area (Å²) in [5.74, 6) is 1.35. The molecule has 0 bridgehead atoms. The number of aromatic amines is 1. The number of carbonyl (C=O) groups excluding carboxylic acids is 2. The fourth-order valence-electron chi connectivity index (χ4n) is 6.01. The van der Waals surface area contributed by atoms with Gasteiger partial charge in [0.25, 0.3) is 0 Å². The van der Waals surface area contributed by atoms with Gasteiger partial charge in [0.15, 0.2) is 17.3 Å². The van der Waals surface area contributed by atoms with Crippen LogP contribution in [0.25, 0.3) is 22.5 Å². The summed E-state index contributed by atoms with van der Waals surface area (Å²) < 4.78 is 17.2. The third-order valence-corrected chi connectivity index (χ3v) is 8.54. The molecule has 3 atom stereocenters. The molecule has 1 aliphatic rings. The second-order valence-corrected chi connectivity index (χ2v) is 11.5. The third-order valence-electron chi connectivity index (χ3n) is 8.54. The van der Waals surface area contributed by atoms with Gasteiger partial charge in [-0.25, -0.2) is 4.98 Å². The first-order valence-corrected chi connectivity index (χ1v) is 15.5. The van der Waals surface area contributed by atoms with E-state index >= 15 is 0 Å². The molecule has 1 aliphatic carbocycles. The SMILES string of the molecule is CC[C@@H](C)[C@H](Nc1ccc2c(cc1=O)[C@@H](NC(C)=O)CCc1cc(OC)c(OC)c(OC)c1-2)C(=O)Nc1cccc(-c2ncn[nH]2)c1. The van der Waals surface area contributed by atoms with Gasteiger partial charge in [0.1, 0.15) is 12.4 Å². The number of nitrogens with zero attached hydrogens (tertiary/aromatic N) is 2. The Bertz CT molecular complexity index is 1830. The summed E-state index contributed by atoms with van der Waals surface area (Å²) in [5.41, 5.74) is 4.28. The van der Waals surface area contributed by atoms with E-state index in [2.05, 4.69) is 31.1 Å². The number of H-pyrrole nitrogens is 1. The monoisotopic (exact) mass is 640 g/mol. The van der Waals surface area contributed by atoms with Crippen molar-refractivity contribution >= 4 is 23.2 Å². The van der Waals surface area contributed by atoms with Gasteiger partial charge in [0, 0.05) is 23.7 Å². The lowest BCUT2D eigenvalue weighted by Gasteiger charge is -2.24. The van der Waals surface area contributed by atoms with Crippen LogP contribution < -0.4 is 35.6 Å². The van der Waals surface area contributed by atoms with Crippen molar-refractivity contribution in [3.8, 4) is 39.8 Å². The average molecular weight is 641 g/mol. The molecule has 3 aromatic carbocycles. The van der Waals surface area contributed by atoms with Crippen LogP contribution in [-0.2, 0) is 16.0 Å². The van der Waals surface area contributed by atoms with E-state index in [-0.39, 0.29) is 28.8 Å². The van der Waals surface area contributed by atoms with Gasteiger partial charge >= 0.3 is 0 Å². The number of anilines is 2. The molecule has 12 heteroatoms. The van der Waals surface area contributed by atoms with Gasteiger partial charge in [-0.05, 0) is 65.8 Å². The van der Waals surface area contributed by atoms with Crippen LogP contribution >= 0.6 is 0 Å². The number of aromatic nitrogens is 3. The van der Waals surface area contributed by atoms with Crippen molar-refractivity contribution in [2.75, 3.05) is 32.0 Å². The zero-order valence-corrected chi connectivity index (χ0v) is 27.4. The molecule has 5 rings (SSSR count). The van der Waals surface area contributed by atoms with Crippen LogP contribution in [0.5, 0.6) is 17.2 Å². The van der Waals surface area contributed by atoms with E-state index in [1.807, 2.05) is 38.1 Å². The lowest BCUT2D eigenvalue weighted by atomic mass is 9.95. The number of carbonyl (C=O) groups is 2. The predicted molar refractivity (Wildman–Crippen MR) is 180 cm³/mol. The molecule has 2 amide bonds. The molecule has 4 aromatic rings. The maximum atomic E-state index is 13.9. The van der Waals surface area contributed by atoms with Gasteiger partial charge in [-0.15, -0.1) is 0 Å². The van der Waals surface area contributed by atoms with E-state index in [9.17, 15) is 14.4 Å². The fourth-order valence-corrected chi connectivity index (χ4v) is 6.01. The van der Waals surface area contributed by atoms with Crippen molar-refractivity contribution in [2.45, 2.75) is 52.1 Å². The van der Waals surface area contributed by atoms with Gasteiger partial charge in [-0.3, -0.25) is 19.5 Å². The Labute approximate surface area is 273 Å². The highest BCUT2D eigenvalue weighted by molar-refractivity contribution is 5.97. The van der Waals surface area contributed by atoms with Crippen LogP contribution in [0.15, 0.2) is 59.7 Å². The Hall–Kier alpha value is -5.39. The number of aryl methyl sites for hydroxylation is 1. The summed E-state index contributed by atoms with van der Waals surface area (Å²) in [5, 5.41) is 16.0. The molecule has 0 fully saturated rings. The Morgan fingerprint density at radius 3 is 2.49 bits per heavy atom. The summed E-state index contributed by atoms with van der Waals surface area (Å²) in [6.07, 6.45) is 3.23. The zero-order valence-electron chi connectivity index (χ0n) is 27.4. The Kier molecular flexibility index (Phi) is 10.1. The minimum absolute atomic E-state index is 0.125. The molecule has 47 heavy (non-hydrogen) atoms. The van der Waals surface area contributed by atoms with E-state index in [0.717, 1.165) is 16.7 Å². The molecule has 12 nitrogen and oxygen atoms in total. The maximum Gasteiger partial charge on any atom is 0.247 e. The molecule has 246 valence electrons. The van der Waals surface area contributed by atoms with Crippen molar-refractivity contribution < 1.29 is 23.8 Å². The summed E-state index contributed by atoms with van der Waals surface area (Å²) in [6.45, 7) is 5.40. The molecule has 0 saturated heterocycles. The fraction of sp³-hybridized carbons (Fsp3) is 0.343. The average Bonchev–Trinajstić information content (AvgIpc) is 3.51. The first-order chi connectivity index (χ1) is 22.7. The molecule has 0 aliphatic heterocycles. The number of benzene rings is 2. The normalized spacial score (nSPS) is 14.8. The highest BCUT2D eigenvalue weighted by atomic mass is 16.5. The number of rotatable bonds is 11. The summed E-state index contributed by atoms with van der Waals surface area (Å²) in [7, 11) is 4.66. The zero-order chi connectivity index (χ0) is 33.7. The van der Waals surface area contributed by atoms with E-state index in [4.69, 9.17) is 14.2 Å². The van der Waals surface area contributed by atoms with Crippen LogP contribution in [0.3, 0.4) is 0 Å². The summed E-state index contributed by atoms with van der Waals surface area (Å²) in [4.78, 5) is 44.2. The van der Waals surface area contributed by atoms with Crippen molar-refractivity contribution in [3.63, 3.8) is 0 Å². The minimum atomic E-state index is -0.735. The van der Waals surface area contributed by atoms with E-state index in [1.54, 1.807) is 32.4 Å². The van der Waals surface area contributed by atoms with Crippen molar-refractivity contribution in [2.24, 2.45) is 5.92 Å². The largest absolute Gasteiger partial charge is 0.493 e. The Balaban J connectivity index is 1.57. The number of amides is 2. The van der Waals surface area contributed by atoms with Gasteiger partial charge in [-0.1, -0.05) is 38.5 Å². The van der Waals surface area contributed by atoms with Gasteiger partial charge in [0.05, 0.1) is 33.1 Å². The maximum absolute atomic E-state index is 13.9. The topological polar surface area (TPSA) is 157 Å². The predicted octanol–water partition coefficient (Wildman–Crippen LogP) is 5.11. The molecular formula is C35H40N6O6. The van der Waals surface area contributed by atoms with Crippen LogP contribution in [0.2, 0.25) is 0 Å². The molecule has 0 radical (unpaired) electrons.